The van der Waals surface area contributed by atoms with Gasteiger partial charge in [-0.05, 0) is 62.2 Å². The fourth-order valence-corrected chi connectivity index (χ4v) is 4.67. The number of aromatic nitrogens is 3. The summed E-state index contributed by atoms with van der Waals surface area (Å²) in [7, 11) is 0. The molecule has 1 aliphatic rings. The van der Waals surface area contributed by atoms with Crippen molar-refractivity contribution in [3.63, 3.8) is 0 Å². The van der Waals surface area contributed by atoms with Gasteiger partial charge in [0, 0.05) is 17.8 Å². The Morgan fingerprint density at radius 3 is 2.50 bits per heavy atom. The molecule has 2 amide bonds. The lowest BCUT2D eigenvalue weighted by Gasteiger charge is -2.31. The van der Waals surface area contributed by atoms with Gasteiger partial charge >= 0.3 is 6.03 Å². The number of para-hydroxylation sites is 1. The Hall–Kier alpha value is -3.87. The zero-order chi connectivity index (χ0) is 23.8. The third-order valence-corrected chi connectivity index (χ3v) is 6.16. The van der Waals surface area contributed by atoms with Crippen LogP contribution >= 0.6 is 0 Å². The first-order valence-corrected chi connectivity index (χ1v) is 11.6. The van der Waals surface area contributed by atoms with Crippen molar-refractivity contribution in [2.24, 2.45) is 0 Å². The van der Waals surface area contributed by atoms with E-state index in [1.807, 2.05) is 72.1 Å². The predicted octanol–water partition coefficient (Wildman–Crippen LogP) is 5.39. The number of hydrogen-bond donors (Lipinski definition) is 1. The molecule has 0 fully saturated rings. The topological polar surface area (TPSA) is 55.1 Å². The highest BCUT2D eigenvalue weighted by molar-refractivity contribution is 5.76. The second-order valence-corrected chi connectivity index (χ2v) is 8.84. The first-order valence-electron chi connectivity index (χ1n) is 11.6. The number of nitrogens with zero attached hydrogens (tertiary/aromatic N) is 4. The molecule has 3 heterocycles. The van der Waals surface area contributed by atoms with E-state index >= 15 is 0 Å². The van der Waals surface area contributed by atoms with E-state index in [1.54, 1.807) is 12.1 Å². The Bertz CT molecular complexity index is 1310. The molecule has 1 atom stereocenters. The van der Waals surface area contributed by atoms with Crippen LogP contribution in [0.25, 0.3) is 11.5 Å². The van der Waals surface area contributed by atoms with Gasteiger partial charge in [-0.25, -0.2) is 13.9 Å². The Kier molecular flexibility index (Phi) is 5.69. The SMILES string of the molecule is CCc1nn(-c2ccccc2)c2c1CN(C(=O)NC(C)C)[C@@H](c1ccc(F)cc1)c1cccn1-2. The number of carbonyl (C=O) groups is 1. The predicted molar refractivity (Wildman–Crippen MR) is 130 cm³/mol. The lowest BCUT2D eigenvalue weighted by Crippen LogP contribution is -2.44. The molecular weight excluding hydrogens is 429 g/mol. The van der Waals surface area contributed by atoms with Crippen molar-refractivity contribution in [3.8, 4) is 11.5 Å². The van der Waals surface area contributed by atoms with Crippen LogP contribution in [0, 0.1) is 5.82 Å². The van der Waals surface area contributed by atoms with Crippen LogP contribution in [0.4, 0.5) is 9.18 Å². The number of amides is 2. The third-order valence-electron chi connectivity index (χ3n) is 6.16. The third kappa shape index (κ3) is 3.77. The van der Waals surface area contributed by atoms with Crippen LogP contribution in [-0.2, 0) is 13.0 Å². The van der Waals surface area contributed by atoms with Gasteiger partial charge in [0.1, 0.15) is 11.6 Å². The number of benzene rings is 2. The fraction of sp³-hybridized carbons (Fsp3) is 0.259. The Morgan fingerprint density at radius 2 is 1.82 bits per heavy atom. The summed E-state index contributed by atoms with van der Waals surface area (Å²) in [5, 5.41) is 8.01. The summed E-state index contributed by atoms with van der Waals surface area (Å²) < 4.78 is 17.9. The van der Waals surface area contributed by atoms with Crippen LogP contribution in [0.3, 0.4) is 0 Å². The van der Waals surface area contributed by atoms with E-state index in [0.29, 0.717) is 6.54 Å². The number of carbonyl (C=O) groups excluding carboxylic acids is 1. The number of urea groups is 1. The zero-order valence-corrected chi connectivity index (χ0v) is 19.6. The molecule has 0 aliphatic carbocycles. The number of nitrogens with one attached hydrogen (secondary N) is 1. The van der Waals surface area contributed by atoms with Gasteiger partial charge in [0.2, 0.25) is 0 Å². The summed E-state index contributed by atoms with van der Waals surface area (Å²) in [6.45, 7) is 6.35. The van der Waals surface area contributed by atoms with E-state index in [0.717, 1.165) is 40.4 Å². The number of rotatable bonds is 4. The quantitative estimate of drug-likeness (QED) is 0.447. The molecule has 4 aromatic rings. The molecule has 1 N–H and O–H groups in total. The molecule has 7 heteroatoms. The minimum Gasteiger partial charge on any atom is -0.336 e. The van der Waals surface area contributed by atoms with Crippen molar-refractivity contribution >= 4 is 6.03 Å². The van der Waals surface area contributed by atoms with Crippen LogP contribution < -0.4 is 5.32 Å². The average Bonchev–Trinajstić information content (AvgIpc) is 3.41. The van der Waals surface area contributed by atoms with Gasteiger partial charge in [0.25, 0.3) is 0 Å². The van der Waals surface area contributed by atoms with Gasteiger partial charge in [0.05, 0.1) is 29.7 Å². The van der Waals surface area contributed by atoms with Gasteiger partial charge in [-0.15, -0.1) is 0 Å². The van der Waals surface area contributed by atoms with Crippen LogP contribution in [0.2, 0.25) is 0 Å². The van der Waals surface area contributed by atoms with E-state index in [1.165, 1.54) is 12.1 Å². The van der Waals surface area contributed by atoms with Crippen molar-refractivity contribution in [1.29, 1.82) is 0 Å². The minimum absolute atomic E-state index is 0.0198. The Balaban J connectivity index is 1.76. The average molecular weight is 458 g/mol. The molecule has 0 radical (unpaired) electrons. The molecule has 34 heavy (non-hydrogen) atoms. The standard InChI is InChI=1S/C27H28FN5O/c1-4-23-22-17-32(27(34)29-18(2)3)25(19-12-14-20(28)15-13-19)24-11-8-16-31(24)26(22)33(30-23)21-9-6-5-7-10-21/h5-16,18,25H,4,17H2,1-3H3,(H,29,34)/t25-/m0/s1. The molecular formula is C27H28FN5O. The molecule has 6 nitrogen and oxygen atoms in total. The summed E-state index contributed by atoms with van der Waals surface area (Å²) in [6.07, 6.45) is 2.74. The van der Waals surface area contributed by atoms with Crippen LogP contribution in [-0.4, -0.2) is 31.3 Å². The monoisotopic (exact) mass is 457 g/mol. The maximum Gasteiger partial charge on any atom is 0.318 e. The molecule has 0 unspecified atom stereocenters. The number of fused-ring (bicyclic) bond motifs is 3. The lowest BCUT2D eigenvalue weighted by molar-refractivity contribution is 0.178. The minimum atomic E-state index is -0.393. The van der Waals surface area contributed by atoms with Crippen molar-refractivity contribution in [1.82, 2.24) is 24.6 Å². The highest BCUT2D eigenvalue weighted by atomic mass is 19.1. The van der Waals surface area contributed by atoms with E-state index in [-0.39, 0.29) is 17.9 Å². The molecule has 0 saturated carbocycles. The van der Waals surface area contributed by atoms with Crippen molar-refractivity contribution in [3.05, 3.63) is 101 Å². The van der Waals surface area contributed by atoms with Gasteiger partial charge in [-0.2, -0.15) is 5.10 Å². The Morgan fingerprint density at radius 1 is 1.09 bits per heavy atom. The van der Waals surface area contributed by atoms with Crippen molar-refractivity contribution in [2.45, 2.75) is 45.8 Å². The van der Waals surface area contributed by atoms with Crippen LogP contribution in [0.5, 0.6) is 0 Å². The van der Waals surface area contributed by atoms with E-state index in [4.69, 9.17) is 5.10 Å². The summed E-state index contributed by atoms with van der Waals surface area (Å²) >= 11 is 0. The molecule has 5 rings (SSSR count). The molecule has 2 aromatic heterocycles. The smallest absolute Gasteiger partial charge is 0.318 e. The lowest BCUT2D eigenvalue weighted by atomic mass is 10.0. The summed E-state index contributed by atoms with van der Waals surface area (Å²) in [6, 6.07) is 19.9. The fourth-order valence-electron chi connectivity index (χ4n) is 4.67. The molecule has 0 bridgehead atoms. The maximum absolute atomic E-state index is 13.8. The summed E-state index contributed by atoms with van der Waals surface area (Å²) in [5.74, 6) is 0.622. The van der Waals surface area contributed by atoms with Crippen molar-refractivity contribution in [2.75, 3.05) is 0 Å². The first-order chi connectivity index (χ1) is 16.5. The van der Waals surface area contributed by atoms with Crippen LogP contribution in [0.15, 0.2) is 72.9 Å². The number of halogens is 1. The number of hydrogen-bond acceptors (Lipinski definition) is 2. The molecule has 1 aliphatic heterocycles. The summed E-state index contributed by atoms with van der Waals surface area (Å²) in [4.78, 5) is 15.4. The van der Waals surface area contributed by atoms with Gasteiger partial charge in [-0.3, -0.25) is 0 Å². The zero-order valence-electron chi connectivity index (χ0n) is 19.6. The highest BCUT2D eigenvalue weighted by Crippen LogP contribution is 2.38. The van der Waals surface area contributed by atoms with Gasteiger partial charge in [-0.1, -0.05) is 37.3 Å². The van der Waals surface area contributed by atoms with E-state index in [9.17, 15) is 9.18 Å². The Labute approximate surface area is 198 Å². The molecule has 0 saturated heterocycles. The van der Waals surface area contributed by atoms with Crippen LogP contribution in [0.1, 0.15) is 49.3 Å². The first kappa shape index (κ1) is 21.9. The largest absolute Gasteiger partial charge is 0.336 e. The second-order valence-electron chi connectivity index (χ2n) is 8.84. The molecule has 174 valence electrons. The second kappa shape index (κ2) is 8.82. The van der Waals surface area contributed by atoms with Gasteiger partial charge < -0.3 is 14.8 Å². The van der Waals surface area contributed by atoms with E-state index in [2.05, 4.69) is 16.8 Å². The van der Waals surface area contributed by atoms with Gasteiger partial charge in [0.15, 0.2) is 0 Å². The van der Waals surface area contributed by atoms with Crippen molar-refractivity contribution < 1.29 is 9.18 Å². The normalized spacial score (nSPS) is 15.1. The van der Waals surface area contributed by atoms with E-state index < -0.39 is 6.04 Å². The summed E-state index contributed by atoms with van der Waals surface area (Å²) in [5.41, 5.74) is 4.68. The highest BCUT2D eigenvalue weighted by Gasteiger charge is 2.36. The maximum atomic E-state index is 13.8. The molecule has 0 spiro atoms. The molecule has 2 aromatic carbocycles. The number of aryl methyl sites for hydroxylation is 1.